The fraction of sp³-hybridized carbons (Fsp3) is 0. The molecule has 0 saturated carbocycles. The Morgan fingerprint density at radius 1 is 0.850 bits per heavy atom. The molecule has 0 aliphatic carbocycles. The lowest BCUT2D eigenvalue weighted by Gasteiger charge is -2.01. The van der Waals surface area contributed by atoms with Gasteiger partial charge in [-0.2, -0.15) is 0 Å². The van der Waals surface area contributed by atoms with Crippen molar-refractivity contribution in [1.29, 1.82) is 0 Å². The van der Waals surface area contributed by atoms with E-state index in [4.69, 9.17) is 23.2 Å². The van der Waals surface area contributed by atoms with Gasteiger partial charge in [-0.1, -0.05) is 30.0 Å². The molecule has 2 aromatic carbocycles. The topological polar surface area (TPSA) is 34.1 Å². The fourth-order valence-electron chi connectivity index (χ4n) is 1.60. The number of carbonyl (C=O) groups excluding carboxylic acids is 2. The first-order valence-corrected chi connectivity index (χ1v) is 6.44. The van der Waals surface area contributed by atoms with E-state index in [0.717, 1.165) is 5.56 Å². The van der Waals surface area contributed by atoms with Gasteiger partial charge in [0.05, 0.1) is 0 Å². The Balaban J connectivity index is 2.49. The van der Waals surface area contributed by atoms with Crippen molar-refractivity contribution in [2.24, 2.45) is 0 Å². The summed E-state index contributed by atoms with van der Waals surface area (Å²) in [6, 6.07) is 13.6. The summed E-state index contributed by atoms with van der Waals surface area (Å²) in [7, 11) is 0. The monoisotopic (exact) mass is 302 g/mol. The average Bonchev–Trinajstić information content (AvgIpc) is 2.45. The van der Waals surface area contributed by atoms with Crippen molar-refractivity contribution in [2.45, 2.75) is 0 Å². The maximum absolute atomic E-state index is 11.3. The number of hydrogen-bond acceptors (Lipinski definition) is 2. The second-order valence-electron chi connectivity index (χ2n) is 3.92. The molecule has 0 atom stereocenters. The molecule has 98 valence electrons. The van der Waals surface area contributed by atoms with Crippen LogP contribution in [-0.2, 0) is 0 Å². The van der Waals surface area contributed by atoms with E-state index in [1.165, 1.54) is 18.2 Å². The van der Waals surface area contributed by atoms with Crippen LogP contribution in [0.2, 0.25) is 0 Å². The quantitative estimate of drug-likeness (QED) is 0.624. The molecule has 0 saturated heterocycles. The minimum Gasteiger partial charge on any atom is -0.276 e. The number of rotatable bonds is 2. The highest BCUT2D eigenvalue weighted by Gasteiger charge is 2.10. The Morgan fingerprint density at radius 2 is 1.55 bits per heavy atom. The molecule has 0 fully saturated rings. The largest absolute Gasteiger partial charge is 0.276 e. The van der Waals surface area contributed by atoms with Gasteiger partial charge in [-0.15, -0.1) is 0 Å². The van der Waals surface area contributed by atoms with Crippen LogP contribution < -0.4 is 0 Å². The molecule has 0 unspecified atom stereocenters. The molecule has 0 heterocycles. The zero-order valence-electron chi connectivity index (χ0n) is 10.2. The lowest BCUT2D eigenvalue weighted by molar-refractivity contribution is 0.107. The Bertz CT molecular complexity index is 725. The average molecular weight is 303 g/mol. The molecule has 0 N–H and O–H groups in total. The Morgan fingerprint density at radius 3 is 2.15 bits per heavy atom. The second-order valence-corrected chi connectivity index (χ2v) is 4.61. The van der Waals surface area contributed by atoms with Crippen LogP contribution in [0, 0.1) is 11.8 Å². The van der Waals surface area contributed by atoms with Crippen LogP contribution >= 0.6 is 23.2 Å². The number of halogens is 2. The van der Waals surface area contributed by atoms with Gasteiger partial charge in [0.2, 0.25) is 0 Å². The van der Waals surface area contributed by atoms with Gasteiger partial charge < -0.3 is 0 Å². The predicted octanol–water partition coefficient (Wildman–Crippen LogP) is 3.84. The molecule has 4 heteroatoms. The molecule has 0 radical (unpaired) electrons. The Kier molecular flexibility index (Phi) is 4.57. The normalized spacial score (nSPS) is 9.50. The lowest BCUT2D eigenvalue weighted by atomic mass is 10.0. The Labute approximate surface area is 126 Å². The third-order valence-electron chi connectivity index (χ3n) is 2.57. The predicted molar refractivity (Wildman–Crippen MR) is 79.2 cm³/mol. The van der Waals surface area contributed by atoms with Crippen molar-refractivity contribution in [2.75, 3.05) is 0 Å². The van der Waals surface area contributed by atoms with E-state index in [0.29, 0.717) is 5.56 Å². The van der Waals surface area contributed by atoms with Gasteiger partial charge in [-0.3, -0.25) is 9.59 Å². The highest BCUT2D eigenvalue weighted by Crippen LogP contribution is 2.15. The SMILES string of the molecule is O=C(Cl)c1ccc(C(=O)Cl)c(C#Cc2ccccc2)c1. The first kappa shape index (κ1) is 14.3. The van der Waals surface area contributed by atoms with E-state index in [1.54, 1.807) is 0 Å². The molecular formula is C16H8Cl2O2. The zero-order chi connectivity index (χ0) is 14.5. The summed E-state index contributed by atoms with van der Waals surface area (Å²) in [5.74, 6) is 5.75. The van der Waals surface area contributed by atoms with Crippen LogP contribution in [-0.4, -0.2) is 10.5 Å². The summed E-state index contributed by atoms with van der Waals surface area (Å²) in [5.41, 5.74) is 1.69. The van der Waals surface area contributed by atoms with Crippen LogP contribution in [0.25, 0.3) is 0 Å². The molecule has 0 aliphatic heterocycles. The van der Waals surface area contributed by atoms with E-state index in [9.17, 15) is 9.59 Å². The van der Waals surface area contributed by atoms with Crippen molar-refractivity contribution in [3.8, 4) is 11.8 Å². The van der Waals surface area contributed by atoms with Crippen LogP contribution in [0.15, 0.2) is 48.5 Å². The maximum atomic E-state index is 11.3. The van der Waals surface area contributed by atoms with Crippen molar-refractivity contribution in [3.63, 3.8) is 0 Å². The zero-order valence-corrected chi connectivity index (χ0v) is 11.7. The second kappa shape index (κ2) is 6.38. The standard InChI is InChI=1S/C16H8Cl2O2/c17-15(19)13-8-9-14(16(18)20)12(10-13)7-6-11-4-2-1-3-5-11/h1-5,8-10H. The summed E-state index contributed by atoms with van der Waals surface area (Å²) in [4.78, 5) is 22.5. The summed E-state index contributed by atoms with van der Waals surface area (Å²) in [6.45, 7) is 0. The highest BCUT2D eigenvalue weighted by atomic mass is 35.5. The fourth-order valence-corrected chi connectivity index (χ4v) is 1.88. The molecule has 0 aliphatic rings. The van der Waals surface area contributed by atoms with E-state index in [-0.39, 0.29) is 11.1 Å². The number of carbonyl (C=O) groups is 2. The van der Waals surface area contributed by atoms with Crippen molar-refractivity contribution < 1.29 is 9.59 Å². The molecule has 2 nitrogen and oxygen atoms in total. The first-order chi connectivity index (χ1) is 9.58. The van der Waals surface area contributed by atoms with Gasteiger partial charge in [0.15, 0.2) is 0 Å². The van der Waals surface area contributed by atoms with Gasteiger partial charge in [0, 0.05) is 22.3 Å². The number of hydrogen-bond donors (Lipinski definition) is 0. The van der Waals surface area contributed by atoms with Crippen LogP contribution in [0.4, 0.5) is 0 Å². The Hall–Kier alpha value is -2.08. The van der Waals surface area contributed by atoms with Gasteiger partial charge in [-0.25, -0.2) is 0 Å². The summed E-state index contributed by atoms with van der Waals surface area (Å²) < 4.78 is 0. The molecular weight excluding hydrogens is 295 g/mol. The maximum Gasteiger partial charge on any atom is 0.253 e. The number of benzene rings is 2. The highest BCUT2D eigenvalue weighted by molar-refractivity contribution is 6.68. The molecule has 20 heavy (non-hydrogen) atoms. The molecule has 0 spiro atoms. The van der Waals surface area contributed by atoms with Gasteiger partial charge in [0.1, 0.15) is 0 Å². The summed E-state index contributed by atoms with van der Waals surface area (Å²) in [6.07, 6.45) is 0. The third-order valence-corrected chi connectivity index (χ3v) is 3.00. The van der Waals surface area contributed by atoms with Crippen LogP contribution in [0.5, 0.6) is 0 Å². The van der Waals surface area contributed by atoms with Crippen molar-refractivity contribution in [1.82, 2.24) is 0 Å². The molecule has 0 aromatic heterocycles. The van der Waals surface area contributed by atoms with E-state index in [2.05, 4.69) is 11.8 Å². The molecule has 0 amide bonds. The first-order valence-electron chi connectivity index (χ1n) is 5.68. The minimum atomic E-state index is -0.629. The van der Waals surface area contributed by atoms with Crippen LogP contribution in [0.3, 0.4) is 0 Å². The minimum absolute atomic E-state index is 0.247. The molecule has 0 bridgehead atoms. The van der Waals surface area contributed by atoms with E-state index in [1.807, 2.05) is 30.3 Å². The van der Waals surface area contributed by atoms with Gasteiger partial charge >= 0.3 is 0 Å². The summed E-state index contributed by atoms with van der Waals surface area (Å²) >= 11 is 10.9. The van der Waals surface area contributed by atoms with E-state index < -0.39 is 10.5 Å². The van der Waals surface area contributed by atoms with E-state index >= 15 is 0 Å². The van der Waals surface area contributed by atoms with Crippen molar-refractivity contribution in [3.05, 3.63) is 70.8 Å². The third kappa shape index (κ3) is 3.48. The molecule has 2 aromatic rings. The smallest absolute Gasteiger partial charge is 0.253 e. The summed E-state index contributed by atoms with van der Waals surface area (Å²) in [5, 5.41) is -1.24. The molecule has 2 rings (SSSR count). The van der Waals surface area contributed by atoms with Gasteiger partial charge in [-0.05, 0) is 53.5 Å². The van der Waals surface area contributed by atoms with Crippen molar-refractivity contribution >= 4 is 33.7 Å². The van der Waals surface area contributed by atoms with Crippen LogP contribution in [0.1, 0.15) is 31.8 Å². The van der Waals surface area contributed by atoms with Gasteiger partial charge in [0.25, 0.3) is 10.5 Å². The lowest BCUT2D eigenvalue weighted by Crippen LogP contribution is -1.98.